The van der Waals surface area contributed by atoms with E-state index in [9.17, 15) is 4.79 Å². The Morgan fingerprint density at radius 2 is 1.73 bits per heavy atom. The maximum atomic E-state index is 11.5. The second kappa shape index (κ2) is 15.4. The highest BCUT2D eigenvalue weighted by atomic mass is 32.2. The Labute approximate surface area is 241 Å². The molecular formula is C33H39NO5S. The van der Waals surface area contributed by atoms with Crippen LogP contribution in [0.15, 0.2) is 70.1 Å². The Kier molecular flexibility index (Phi) is 11.3. The maximum absolute atomic E-state index is 11.5. The number of carbonyl (C=O) groups is 1. The van der Waals surface area contributed by atoms with Crippen LogP contribution < -0.4 is 9.47 Å². The van der Waals surface area contributed by atoms with Crippen molar-refractivity contribution in [3.63, 3.8) is 0 Å². The molecular weight excluding hydrogens is 522 g/mol. The van der Waals surface area contributed by atoms with Crippen LogP contribution in [0.3, 0.4) is 0 Å². The number of thioether (sulfide) groups is 1. The van der Waals surface area contributed by atoms with E-state index in [-0.39, 0.29) is 12.6 Å². The van der Waals surface area contributed by atoms with Crippen LogP contribution in [-0.4, -0.2) is 36.7 Å². The average molecular weight is 562 g/mol. The van der Waals surface area contributed by atoms with E-state index in [0.29, 0.717) is 13.2 Å². The van der Waals surface area contributed by atoms with Gasteiger partial charge in [-0.3, -0.25) is 0 Å². The van der Waals surface area contributed by atoms with E-state index >= 15 is 0 Å². The minimum Gasteiger partial charge on any atom is -0.493 e. The summed E-state index contributed by atoms with van der Waals surface area (Å²) in [7, 11) is 0. The average Bonchev–Trinajstić information content (AvgIpc) is 3.40. The molecule has 1 heterocycles. The van der Waals surface area contributed by atoms with Crippen molar-refractivity contribution in [1.29, 1.82) is 0 Å². The normalized spacial score (nSPS) is 11.1. The molecule has 7 heteroatoms. The zero-order valence-electron chi connectivity index (χ0n) is 23.7. The van der Waals surface area contributed by atoms with Gasteiger partial charge in [-0.25, -0.2) is 4.79 Å². The topological polar surface area (TPSA) is 70.8 Å². The lowest BCUT2D eigenvalue weighted by atomic mass is 10.0. The number of aromatic nitrogens is 1. The summed E-state index contributed by atoms with van der Waals surface area (Å²) in [5, 5.41) is 5.42. The standard InChI is InChI=1S/C33H39NO5S/c1-4-13-27-30(19-17-28-32(34-39-33(27)28)25-14-9-8-10-15-25)37-20-11-6-7-12-21-40-26-16-18-29(24(3)22-26)38-23-31(35)36-5-2/h8-10,14-19,22H,4-7,11-13,20-21,23H2,1-3H3. The minimum atomic E-state index is -0.347. The van der Waals surface area contributed by atoms with Gasteiger partial charge in [0.05, 0.1) is 18.6 Å². The minimum absolute atomic E-state index is 0.0609. The summed E-state index contributed by atoms with van der Waals surface area (Å²) in [5.41, 5.74) is 4.91. The van der Waals surface area contributed by atoms with E-state index in [1.807, 2.05) is 49.0 Å². The fraction of sp³-hybridized carbons (Fsp3) is 0.394. The number of benzene rings is 3. The third-order valence-corrected chi connectivity index (χ3v) is 7.69. The first-order valence-electron chi connectivity index (χ1n) is 14.2. The number of fused-ring (bicyclic) bond motifs is 1. The zero-order valence-corrected chi connectivity index (χ0v) is 24.6. The van der Waals surface area contributed by atoms with Crippen molar-refractivity contribution in [2.24, 2.45) is 0 Å². The largest absolute Gasteiger partial charge is 0.493 e. The molecule has 0 aliphatic rings. The summed E-state index contributed by atoms with van der Waals surface area (Å²) in [6.07, 6.45) is 6.37. The van der Waals surface area contributed by atoms with E-state index in [1.165, 1.54) is 11.3 Å². The van der Waals surface area contributed by atoms with Crippen LogP contribution in [0.5, 0.6) is 11.5 Å². The molecule has 4 aromatic rings. The Morgan fingerprint density at radius 1 is 0.925 bits per heavy atom. The highest BCUT2D eigenvalue weighted by Crippen LogP contribution is 2.35. The van der Waals surface area contributed by atoms with Gasteiger partial charge in [0.25, 0.3) is 0 Å². The second-order valence-electron chi connectivity index (χ2n) is 9.70. The third kappa shape index (κ3) is 8.04. The number of rotatable bonds is 16. The van der Waals surface area contributed by atoms with Gasteiger partial charge in [0.15, 0.2) is 12.2 Å². The molecule has 0 N–H and O–H groups in total. The van der Waals surface area contributed by atoms with Crippen molar-refractivity contribution < 1.29 is 23.5 Å². The van der Waals surface area contributed by atoms with Gasteiger partial charge in [-0.2, -0.15) is 0 Å². The molecule has 0 saturated carbocycles. The van der Waals surface area contributed by atoms with Crippen molar-refractivity contribution in [2.45, 2.75) is 64.2 Å². The van der Waals surface area contributed by atoms with Crippen LogP contribution in [0.2, 0.25) is 0 Å². The summed E-state index contributed by atoms with van der Waals surface area (Å²) >= 11 is 1.85. The molecule has 1 aromatic heterocycles. The number of nitrogens with zero attached hydrogens (tertiary/aromatic N) is 1. The molecule has 0 fully saturated rings. The quantitative estimate of drug-likeness (QED) is 0.0772. The van der Waals surface area contributed by atoms with Crippen LogP contribution in [0.1, 0.15) is 57.1 Å². The summed E-state index contributed by atoms with van der Waals surface area (Å²) in [6, 6.07) is 20.4. The monoisotopic (exact) mass is 561 g/mol. The molecule has 40 heavy (non-hydrogen) atoms. The number of aryl methyl sites for hydroxylation is 2. The summed E-state index contributed by atoms with van der Waals surface area (Å²) < 4.78 is 22.5. The number of hydrogen-bond acceptors (Lipinski definition) is 7. The van der Waals surface area contributed by atoms with Crippen molar-refractivity contribution in [3.8, 4) is 22.8 Å². The second-order valence-corrected chi connectivity index (χ2v) is 10.9. The van der Waals surface area contributed by atoms with Gasteiger partial charge in [0, 0.05) is 16.0 Å². The molecule has 3 aromatic carbocycles. The van der Waals surface area contributed by atoms with E-state index in [1.54, 1.807) is 6.92 Å². The van der Waals surface area contributed by atoms with Crippen molar-refractivity contribution in [2.75, 3.05) is 25.6 Å². The summed E-state index contributed by atoms with van der Waals surface area (Å²) in [6.45, 7) is 6.95. The molecule has 4 rings (SSSR count). The van der Waals surface area contributed by atoms with E-state index in [0.717, 1.165) is 82.7 Å². The number of hydrogen-bond donors (Lipinski definition) is 0. The molecule has 6 nitrogen and oxygen atoms in total. The molecule has 0 radical (unpaired) electrons. The van der Waals surface area contributed by atoms with E-state index in [2.05, 4.69) is 42.4 Å². The number of esters is 1. The Morgan fingerprint density at radius 3 is 2.50 bits per heavy atom. The number of ether oxygens (including phenoxy) is 3. The van der Waals surface area contributed by atoms with Crippen LogP contribution in [0.4, 0.5) is 0 Å². The molecule has 0 atom stereocenters. The van der Waals surface area contributed by atoms with Gasteiger partial charge in [0.1, 0.15) is 17.2 Å². The lowest BCUT2D eigenvalue weighted by molar-refractivity contribution is -0.145. The van der Waals surface area contributed by atoms with Gasteiger partial charge in [-0.1, -0.05) is 61.7 Å². The summed E-state index contributed by atoms with van der Waals surface area (Å²) in [4.78, 5) is 12.7. The van der Waals surface area contributed by atoms with Crippen LogP contribution in [-0.2, 0) is 16.0 Å². The van der Waals surface area contributed by atoms with Gasteiger partial charge < -0.3 is 18.7 Å². The van der Waals surface area contributed by atoms with Gasteiger partial charge >= 0.3 is 5.97 Å². The lowest BCUT2D eigenvalue weighted by Crippen LogP contribution is -2.14. The molecule has 0 unspecified atom stereocenters. The number of carbonyl (C=O) groups excluding carboxylic acids is 1. The lowest BCUT2D eigenvalue weighted by Gasteiger charge is -2.11. The predicted octanol–water partition coefficient (Wildman–Crippen LogP) is 8.43. The van der Waals surface area contributed by atoms with Gasteiger partial charge in [-0.15, -0.1) is 11.8 Å². The zero-order chi connectivity index (χ0) is 28.2. The Balaban J connectivity index is 1.19. The summed E-state index contributed by atoms with van der Waals surface area (Å²) in [5.74, 6) is 2.35. The highest BCUT2D eigenvalue weighted by Gasteiger charge is 2.17. The predicted molar refractivity (Wildman–Crippen MR) is 161 cm³/mol. The molecule has 0 aliphatic heterocycles. The van der Waals surface area contributed by atoms with Crippen LogP contribution in [0.25, 0.3) is 22.2 Å². The van der Waals surface area contributed by atoms with Crippen LogP contribution >= 0.6 is 11.8 Å². The maximum Gasteiger partial charge on any atom is 0.344 e. The van der Waals surface area contributed by atoms with Crippen LogP contribution in [0, 0.1) is 6.92 Å². The van der Waals surface area contributed by atoms with Crippen molar-refractivity contribution in [1.82, 2.24) is 5.16 Å². The van der Waals surface area contributed by atoms with Gasteiger partial charge in [-0.05, 0) is 74.8 Å². The van der Waals surface area contributed by atoms with Crippen molar-refractivity contribution in [3.05, 3.63) is 71.8 Å². The smallest absolute Gasteiger partial charge is 0.344 e. The number of unbranched alkanes of at least 4 members (excludes halogenated alkanes) is 3. The van der Waals surface area contributed by atoms with Crippen molar-refractivity contribution >= 4 is 28.7 Å². The fourth-order valence-corrected chi connectivity index (χ4v) is 5.62. The third-order valence-electron chi connectivity index (χ3n) is 6.61. The molecule has 0 bridgehead atoms. The molecule has 0 aliphatic carbocycles. The van der Waals surface area contributed by atoms with E-state index in [4.69, 9.17) is 18.7 Å². The van der Waals surface area contributed by atoms with Gasteiger partial charge in [0.2, 0.25) is 0 Å². The fourth-order valence-electron chi connectivity index (χ4n) is 4.61. The Bertz CT molecular complexity index is 1370. The first-order chi connectivity index (χ1) is 19.6. The molecule has 212 valence electrons. The Hall–Kier alpha value is -3.45. The SMILES string of the molecule is CCCc1c(OCCCCCCSc2ccc(OCC(=O)OCC)c(C)c2)ccc2c(-c3ccccc3)noc12. The molecule has 0 spiro atoms. The molecule has 0 saturated heterocycles. The first kappa shape index (κ1) is 29.5. The molecule has 0 amide bonds. The first-order valence-corrected chi connectivity index (χ1v) is 15.2. The van der Waals surface area contributed by atoms with E-state index < -0.39 is 0 Å². The highest BCUT2D eigenvalue weighted by molar-refractivity contribution is 7.99.